The zero-order valence-electron chi connectivity index (χ0n) is 21.5. The molecule has 1 aliphatic rings. The summed E-state index contributed by atoms with van der Waals surface area (Å²) in [7, 11) is 0. The Balaban J connectivity index is 1.18. The molecule has 1 amide bonds. The van der Waals surface area contributed by atoms with Crippen LogP contribution in [0.4, 0.5) is 23.1 Å². The highest BCUT2D eigenvalue weighted by atomic mass is 32.1. The lowest BCUT2D eigenvalue weighted by atomic mass is 10.2. The quantitative estimate of drug-likeness (QED) is 0.281. The minimum Gasteiger partial charge on any atom is -0.382 e. The van der Waals surface area contributed by atoms with Crippen molar-refractivity contribution in [2.75, 3.05) is 41.7 Å². The van der Waals surface area contributed by atoms with Crippen molar-refractivity contribution in [1.29, 1.82) is 0 Å². The van der Waals surface area contributed by atoms with Crippen LogP contribution in [0.3, 0.4) is 0 Å². The molecule has 198 valence electrons. The van der Waals surface area contributed by atoms with Crippen LogP contribution in [0.5, 0.6) is 0 Å². The second-order valence-corrected chi connectivity index (χ2v) is 11.2. The normalized spacial score (nSPS) is 13.7. The van der Waals surface area contributed by atoms with E-state index in [0.717, 1.165) is 38.0 Å². The number of pyridine rings is 1. The maximum absolute atomic E-state index is 13.3. The Hall–Kier alpha value is -4.16. The van der Waals surface area contributed by atoms with Gasteiger partial charge in [0.15, 0.2) is 0 Å². The number of anilines is 4. The average molecular weight is 558 g/mol. The van der Waals surface area contributed by atoms with E-state index in [1.807, 2.05) is 40.2 Å². The molecular weight excluding hydrogens is 530 g/mol. The van der Waals surface area contributed by atoms with Gasteiger partial charge in [0.2, 0.25) is 5.95 Å². The smallest absolute Gasteiger partial charge is 0.273 e. The molecule has 0 spiro atoms. The number of piperazine rings is 1. The number of nitrogens with zero attached hydrogens (tertiary/aromatic N) is 7. The number of carbonyl (C=O) groups excluding carboxylic acids is 1. The van der Waals surface area contributed by atoms with Crippen LogP contribution >= 0.6 is 22.7 Å². The van der Waals surface area contributed by atoms with Gasteiger partial charge in [-0.15, -0.1) is 22.7 Å². The van der Waals surface area contributed by atoms with Crippen LogP contribution in [0, 0.1) is 0 Å². The van der Waals surface area contributed by atoms with Crippen molar-refractivity contribution >= 4 is 61.9 Å². The summed E-state index contributed by atoms with van der Waals surface area (Å²) in [5.41, 5.74) is 6.00. The summed E-state index contributed by atoms with van der Waals surface area (Å²) >= 11 is 3.06. The molecule has 5 heterocycles. The maximum Gasteiger partial charge on any atom is 0.273 e. The van der Waals surface area contributed by atoms with E-state index in [4.69, 9.17) is 4.98 Å². The number of thiazole rings is 2. The van der Waals surface area contributed by atoms with E-state index in [1.165, 1.54) is 11.3 Å². The lowest BCUT2D eigenvalue weighted by molar-refractivity contribution is 0.0741. The summed E-state index contributed by atoms with van der Waals surface area (Å²) in [6, 6.07) is 10.1. The van der Waals surface area contributed by atoms with Crippen LogP contribution in [0.1, 0.15) is 24.3 Å². The predicted octanol–water partition coefficient (Wildman–Crippen LogP) is 5.13. The Labute approximate surface area is 233 Å². The highest BCUT2D eigenvalue weighted by molar-refractivity contribution is 7.16. The van der Waals surface area contributed by atoms with Gasteiger partial charge >= 0.3 is 0 Å². The Morgan fingerprint density at radius 1 is 1.00 bits per heavy atom. The van der Waals surface area contributed by atoms with E-state index >= 15 is 0 Å². The fourth-order valence-electron chi connectivity index (χ4n) is 4.43. The number of fused-ring (bicyclic) bond motifs is 1. The zero-order valence-corrected chi connectivity index (χ0v) is 23.2. The van der Waals surface area contributed by atoms with Gasteiger partial charge < -0.3 is 20.4 Å². The second kappa shape index (κ2) is 10.9. The summed E-state index contributed by atoms with van der Waals surface area (Å²) in [4.78, 5) is 39.6. The molecule has 4 aromatic heterocycles. The molecule has 1 fully saturated rings. The van der Waals surface area contributed by atoms with Crippen LogP contribution in [0.25, 0.3) is 20.8 Å². The molecule has 10 nitrogen and oxygen atoms in total. The van der Waals surface area contributed by atoms with Crippen LogP contribution in [0.2, 0.25) is 0 Å². The first-order valence-corrected chi connectivity index (χ1v) is 14.4. The van der Waals surface area contributed by atoms with Crippen molar-refractivity contribution in [3.63, 3.8) is 0 Å². The lowest BCUT2D eigenvalue weighted by Crippen LogP contribution is -2.49. The third-order valence-electron chi connectivity index (χ3n) is 6.31. The molecule has 0 aliphatic carbocycles. The number of hydrogen-bond acceptors (Lipinski definition) is 11. The molecule has 39 heavy (non-hydrogen) atoms. The third kappa shape index (κ3) is 5.52. The molecular formula is C27H27N9OS2. The van der Waals surface area contributed by atoms with Gasteiger partial charge in [-0.1, -0.05) is 0 Å². The molecule has 0 atom stereocenters. The minimum atomic E-state index is -0.0609. The fourth-order valence-corrected chi connectivity index (χ4v) is 5.96. The third-order valence-corrected chi connectivity index (χ3v) is 7.97. The Kier molecular flexibility index (Phi) is 7.03. The highest BCUT2D eigenvalue weighted by Crippen LogP contribution is 2.33. The van der Waals surface area contributed by atoms with Gasteiger partial charge in [0.25, 0.3) is 5.91 Å². The molecule has 5 aromatic rings. The van der Waals surface area contributed by atoms with E-state index in [1.54, 1.807) is 29.8 Å². The van der Waals surface area contributed by atoms with Crippen molar-refractivity contribution in [1.82, 2.24) is 29.8 Å². The van der Waals surface area contributed by atoms with Crippen molar-refractivity contribution in [3.05, 3.63) is 65.5 Å². The van der Waals surface area contributed by atoms with Crippen LogP contribution in [0.15, 0.2) is 59.8 Å². The fraction of sp³-hybridized carbons (Fsp3) is 0.259. The molecule has 0 bridgehead atoms. The average Bonchev–Trinajstić information content (AvgIpc) is 3.63. The molecule has 0 radical (unpaired) electrons. The molecule has 12 heteroatoms. The van der Waals surface area contributed by atoms with E-state index in [0.29, 0.717) is 37.8 Å². The Morgan fingerprint density at radius 2 is 1.82 bits per heavy atom. The first kappa shape index (κ1) is 25.1. The Morgan fingerprint density at radius 3 is 2.62 bits per heavy atom. The molecule has 1 aliphatic heterocycles. The topological polar surface area (TPSA) is 112 Å². The zero-order chi connectivity index (χ0) is 26.8. The van der Waals surface area contributed by atoms with Crippen molar-refractivity contribution in [2.24, 2.45) is 0 Å². The second-order valence-electron chi connectivity index (χ2n) is 9.44. The van der Waals surface area contributed by atoms with Gasteiger partial charge in [-0.25, -0.2) is 24.9 Å². The van der Waals surface area contributed by atoms with Gasteiger partial charge in [0.1, 0.15) is 16.5 Å². The SMILES string of the molecule is CC(C)Nc1cc(Nc2ccc3ncsc3c2)ncc1-c1nc(C(=O)N2CCN(c3ncccn3)CC2)cs1. The molecule has 2 N–H and O–H groups in total. The number of aromatic nitrogens is 5. The van der Waals surface area contributed by atoms with Gasteiger partial charge in [0.05, 0.1) is 21.3 Å². The van der Waals surface area contributed by atoms with Gasteiger partial charge in [-0.3, -0.25) is 4.79 Å². The minimum absolute atomic E-state index is 0.0609. The largest absolute Gasteiger partial charge is 0.382 e. The molecule has 1 aromatic carbocycles. The van der Waals surface area contributed by atoms with Crippen LogP contribution in [-0.2, 0) is 0 Å². The first-order valence-electron chi connectivity index (χ1n) is 12.7. The maximum atomic E-state index is 13.3. The first-order chi connectivity index (χ1) is 19.0. The van der Waals surface area contributed by atoms with E-state index < -0.39 is 0 Å². The number of hydrogen-bond donors (Lipinski definition) is 2. The van der Waals surface area contributed by atoms with E-state index in [-0.39, 0.29) is 11.9 Å². The molecule has 0 saturated carbocycles. The van der Waals surface area contributed by atoms with E-state index in [9.17, 15) is 4.79 Å². The number of amides is 1. The van der Waals surface area contributed by atoms with Crippen LogP contribution in [-0.4, -0.2) is 67.9 Å². The molecule has 6 rings (SSSR count). The number of rotatable bonds is 7. The lowest BCUT2D eigenvalue weighted by Gasteiger charge is -2.34. The predicted molar refractivity (Wildman–Crippen MR) is 157 cm³/mol. The standard InChI is InChI=1S/C27H27N9OS2/c1-17(2)32-21-13-24(33-18-4-5-20-23(12-18)39-16-31-20)30-14-19(21)25-34-22(15-38-25)26(37)35-8-10-36(11-9-35)27-28-6-3-7-29-27/h3-7,12-17H,8-11H2,1-2H3,(H2,30,32,33). The number of carbonyl (C=O) groups is 1. The van der Waals surface area contributed by atoms with Crippen molar-refractivity contribution < 1.29 is 4.79 Å². The highest BCUT2D eigenvalue weighted by Gasteiger charge is 2.25. The summed E-state index contributed by atoms with van der Waals surface area (Å²) < 4.78 is 1.12. The Bertz CT molecular complexity index is 1590. The van der Waals surface area contributed by atoms with Crippen LogP contribution < -0.4 is 15.5 Å². The number of benzene rings is 1. The van der Waals surface area contributed by atoms with Gasteiger partial charge in [-0.2, -0.15) is 0 Å². The van der Waals surface area contributed by atoms with Gasteiger partial charge in [-0.05, 0) is 38.1 Å². The summed E-state index contributed by atoms with van der Waals surface area (Å²) in [6.07, 6.45) is 5.28. The summed E-state index contributed by atoms with van der Waals surface area (Å²) in [5.74, 6) is 1.35. The monoisotopic (exact) mass is 557 g/mol. The molecule has 1 saturated heterocycles. The van der Waals surface area contributed by atoms with Gasteiger partial charge in [0, 0.05) is 73.6 Å². The van der Waals surface area contributed by atoms with Crippen molar-refractivity contribution in [2.45, 2.75) is 19.9 Å². The van der Waals surface area contributed by atoms with Crippen molar-refractivity contribution in [3.8, 4) is 10.6 Å². The summed E-state index contributed by atoms with van der Waals surface area (Å²) in [6.45, 7) is 6.74. The molecule has 0 unspecified atom stereocenters. The summed E-state index contributed by atoms with van der Waals surface area (Å²) in [5, 5.41) is 9.49. The number of nitrogens with one attached hydrogen (secondary N) is 2. The van der Waals surface area contributed by atoms with E-state index in [2.05, 4.69) is 55.4 Å².